The molecule has 28 heavy (non-hydrogen) atoms. The second-order valence-corrected chi connectivity index (χ2v) is 7.05. The molecule has 0 fully saturated rings. The Labute approximate surface area is 168 Å². The second-order valence-electron chi connectivity index (χ2n) is 6.64. The number of hydrogen-bond donors (Lipinski definition) is 1. The number of anilines is 1. The lowest BCUT2D eigenvalue weighted by Crippen LogP contribution is -2.15. The number of amides is 1. The number of halogens is 1. The number of benzene rings is 2. The van der Waals surface area contributed by atoms with Crippen LogP contribution in [0.3, 0.4) is 0 Å². The van der Waals surface area contributed by atoms with Gasteiger partial charge in [-0.15, -0.1) is 0 Å². The van der Waals surface area contributed by atoms with E-state index in [-0.39, 0.29) is 12.3 Å². The third-order valence-corrected chi connectivity index (χ3v) is 5.09. The first-order valence-corrected chi connectivity index (χ1v) is 9.35. The SMILES string of the molecule is Cc1c(Cl)cccc1NC(=O)Cc1ccc(-n2c(C)nc3cccnc32)cc1. The van der Waals surface area contributed by atoms with Crippen molar-refractivity contribution < 1.29 is 4.79 Å². The van der Waals surface area contributed by atoms with E-state index in [4.69, 9.17) is 11.6 Å². The molecular formula is C22H19ClN4O. The highest BCUT2D eigenvalue weighted by Crippen LogP contribution is 2.23. The van der Waals surface area contributed by atoms with Gasteiger partial charge in [0, 0.05) is 22.6 Å². The molecule has 0 aliphatic heterocycles. The van der Waals surface area contributed by atoms with Gasteiger partial charge in [0.15, 0.2) is 5.65 Å². The maximum Gasteiger partial charge on any atom is 0.228 e. The molecule has 0 radical (unpaired) electrons. The van der Waals surface area contributed by atoms with Gasteiger partial charge < -0.3 is 5.32 Å². The van der Waals surface area contributed by atoms with Crippen LogP contribution in [-0.2, 0) is 11.2 Å². The number of rotatable bonds is 4. The molecule has 0 saturated heterocycles. The number of carbonyl (C=O) groups is 1. The molecule has 140 valence electrons. The highest BCUT2D eigenvalue weighted by Gasteiger charge is 2.11. The van der Waals surface area contributed by atoms with Crippen molar-refractivity contribution in [3.8, 4) is 5.69 Å². The molecule has 2 aromatic heterocycles. The standard InChI is InChI=1S/C22H19ClN4O/c1-14-18(23)5-3-6-19(14)26-21(28)13-16-8-10-17(11-9-16)27-15(2)25-20-7-4-12-24-22(20)27/h3-12H,13H2,1-2H3,(H,26,28). The molecular weight excluding hydrogens is 372 g/mol. The van der Waals surface area contributed by atoms with E-state index in [1.165, 1.54) is 0 Å². The van der Waals surface area contributed by atoms with Gasteiger partial charge in [-0.3, -0.25) is 9.36 Å². The predicted molar refractivity (Wildman–Crippen MR) is 112 cm³/mol. The van der Waals surface area contributed by atoms with E-state index in [1.807, 2.05) is 73.0 Å². The largest absolute Gasteiger partial charge is 0.326 e. The minimum atomic E-state index is -0.0796. The van der Waals surface area contributed by atoms with Crippen LogP contribution in [0.5, 0.6) is 0 Å². The van der Waals surface area contributed by atoms with Crippen LogP contribution in [0, 0.1) is 13.8 Å². The normalized spacial score (nSPS) is 11.0. The molecule has 4 aromatic rings. The molecule has 2 heterocycles. The van der Waals surface area contributed by atoms with Crippen LogP contribution in [-0.4, -0.2) is 20.4 Å². The first-order chi connectivity index (χ1) is 13.5. The maximum absolute atomic E-state index is 12.4. The average molecular weight is 391 g/mol. The summed E-state index contributed by atoms with van der Waals surface area (Å²) in [6.07, 6.45) is 2.05. The van der Waals surface area contributed by atoms with Crippen LogP contribution < -0.4 is 5.32 Å². The molecule has 0 atom stereocenters. The van der Waals surface area contributed by atoms with Crippen molar-refractivity contribution >= 4 is 34.4 Å². The van der Waals surface area contributed by atoms with Crippen LogP contribution >= 0.6 is 11.6 Å². The van der Waals surface area contributed by atoms with E-state index >= 15 is 0 Å². The van der Waals surface area contributed by atoms with Crippen LogP contribution in [0.2, 0.25) is 5.02 Å². The third-order valence-electron chi connectivity index (χ3n) is 4.68. The van der Waals surface area contributed by atoms with Gasteiger partial charge in [-0.1, -0.05) is 29.8 Å². The topological polar surface area (TPSA) is 59.8 Å². The highest BCUT2D eigenvalue weighted by molar-refractivity contribution is 6.31. The Morgan fingerprint density at radius 3 is 2.64 bits per heavy atom. The number of pyridine rings is 1. The minimum Gasteiger partial charge on any atom is -0.326 e. The van der Waals surface area contributed by atoms with Gasteiger partial charge in [-0.25, -0.2) is 9.97 Å². The smallest absolute Gasteiger partial charge is 0.228 e. The molecule has 0 aliphatic rings. The average Bonchev–Trinajstić information content (AvgIpc) is 3.02. The van der Waals surface area contributed by atoms with E-state index in [0.29, 0.717) is 5.02 Å². The summed E-state index contributed by atoms with van der Waals surface area (Å²) in [6, 6.07) is 17.2. The molecule has 1 amide bonds. The molecule has 4 rings (SSSR count). The number of nitrogens with zero attached hydrogens (tertiary/aromatic N) is 3. The number of nitrogens with one attached hydrogen (secondary N) is 1. The summed E-state index contributed by atoms with van der Waals surface area (Å²) >= 11 is 6.11. The number of carbonyl (C=O) groups excluding carboxylic acids is 1. The van der Waals surface area contributed by atoms with E-state index in [2.05, 4.69) is 15.3 Å². The fourth-order valence-electron chi connectivity index (χ4n) is 3.22. The van der Waals surface area contributed by atoms with Gasteiger partial charge in [0.1, 0.15) is 11.3 Å². The van der Waals surface area contributed by atoms with E-state index in [1.54, 1.807) is 6.20 Å². The lowest BCUT2D eigenvalue weighted by atomic mass is 10.1. The fourth-order valence-corrected chi connectivity index (χ4v) is 3.39. The van der Waals surface area contributed by atoms with Gasteiger partial charge in [-0.2, -0.15) is 0 Å². The first kappa shape index (κ1) is 18.2. The predicted octanol–water partition coefficient (Wildman–Crippen LogP) is 4.87. The lowest BCUT2D eigenvalue weighted by Gasteiger charge is -2.10. The Morgan fingerprint density at radius 2 is 1.86 bits per heavy atom. The van der Waals surface area contributed by atoms with Crippen molar-refractivity contribution in [2.45, 2.75) is 20.3 Å². The Morgan fingerprint density at radius 1 is 1.07 bits per heavy atom. The van der Waals surface area contributed by atoms with Crippen molar-refractivity contribution in [2.24, 2.45) is 0 Å². The number of hydrogen-bond acceptors (Lipinski definition) is 3. The molecule has 0 bridgehead atoms. The quantitative estimate of drug-likeness (QED) is 0.540. The summed E-state index contributed by atoms with van der Waals surface area (Å²) in [7, 11) is 0. The monoisotopic (exact) mass is 390 g/mol. The number of fused-ring (bicyclic) bond motifs is 1. The molecule has 6 heteroatoms. The van der Waals surface area contributed by atoms with E-state index in [9.17, 15) is 4.79 Å². The van der Waals surface area contributed by atoms with Gasteiger partial charge in [0.2, 0.25) is 5.91 Å². The fraction of sp³-hybridized carbons (Fsp3) is 0.136. The van der Waals surface area contributed by atoms with Crippen molar-refractivity contribution in [1.82, 2.24) is 14.5 Å². The zero-order chi connectivity index (χ0) is 19.7. The molecule has 0 aliphatic carbocycles. The van der Waals surface area contributed by atoms with Gasteiger partial charge in [0.25, 0.3) is 0 Å². The van der Waals surface area contributed by atoms with Gasteiger partial charge in [0.05, 0.1) is 6.42 Å². The number of imidazole rings is 1. The molecule has 5 nitrogen and oxygen atoms in total. The highest BCUT2D eigenvalue weighted by atomic mass is 35.5. The zero-order valence-corrected chi connectivity index (χ0v) is 16.4. The van der Waals surface area contributed by atoms with Gasteiger partial charge >= 0.3 is 0 Å². The maximum atomic E-state index is 12.4. The number of aryl methyl sites for hydroxylation is 1. The first-order valence-electron chi connectivity index (χ1n) is 8.97. The summed E-state index contributed by atoms with van der Waals surface area (Å²) in [4.78, 5) is 21.4. The number of aromatic nitrogens is 3. The summed E-state index contributed by atoms with van der Waals surface area (Å²) in [6.45, 7) is 3.84. The Bertz CT molecular complexity index is 1170. The van der Waals surface area contributed by atoms with Crippen LogP contribution in [0.15, 0.2) is 60.8 Å². The van der Waals surface area contributed by atoms with Crippen molar-refractivity contribution in [2.75, 3.05) is 5.32 Å². The van der Waals surface area contributed by atoms with Crippen molar-refractivity contribution in [3.05, 3.63) is 82.8 Å². The summed E-state index contributed by atoms with van der Waals surface area (Å²) in [5.74, 6) is 0.791. The summed E-state index contributed by atoms with van der Waals surface area (Å²) in [5, 5.41) is 3.56. The van der Waals surface area contributed by atoms with Gasteiger partial charge in [-0.05, 0) is 61.4 Å². The lowest BCUT2D eigenvalue weighted by molar-refractivity contribution is -0.115. The third kappa shape index (κ3) is 3.49. The second kappa shape index (κ2) is 7.44. The van der Waals surface area contributed by atoms with E-state index in [0.717, 1.165) is 39.5 Å². The molecule has 1 N–H and O–H groups in total. The summed E-state index contributed by atoms with van der Waals surface area (Å²) < 4.78 is 2.01. The van der Waals surface area contributed by atoms with Crippen molar-refractivity contribution in [1.29, 1.82) is 0 Å². The van der Waals surface area contributed by atoms with Crippen LogP contribution in [0.1, 0.15) is 17.0 Å². The van der Waals surface area contributed by atoms with Crippen LogP contribution in [0.4, 0.5) is 5.69 Å². The Balaban J connectivity index is 1.52. The molecule has 0 saturated carbocycles. The Kier molecular flexibility index (Phi) is 4.84. The Hall–Kier alpha value is -3.18. The van der Waals surface area contributed by atoms with E-state index < -0.39 is 0 Å². The van der Waals surface area contributed by atoms with Crippen LogP contribution in [0.25, 0.3) is 16.9 Å². The molecule has 0 spiro atoms. The molecule has 2 aromatic carbocycles. The molecule has 0 unspecified atom stereocenters. The minimum absolute atomic E-state index is 0.0796. The summed E-state index contributed by atoms with van der Waals surface area (Å²) in [5.41, 5.74) is 5.18. The zero-order valence-electron chi connectivity index (χ0n) is 15.6. The van der Waals surface area contributed by atoms with Crippen molar-refractivity contribution in [3.63, 3.8) is 0 Å².